The Balaban J connectivity index is 2.86. The number of carbonyl (C=O) groups is 1. The van der Waals surface area contributed by atoms with E-state index < -0.39 is 0 Å². The molecule has 0 aromatic carbocycles. The van der Waals surface area contributed by atoms with Gasteiger partial charge in [0, 0.05) is 10.8 Å². The summed E-state index contributed by atoms with van der Waals surface area (Å²) in [6, 6.07) is 0. The second kappa shape index (κ2) is 4.27. The van der Waals surface area contributed by atoms with Crippen molar-refractivity contribution in [3.8, 4) is 0 Å². The van der Waals surface area contributed by atoms with E-state index in [0.717, 1.165) is 19.3 Å². The number of ketones is 1. The van der Waals surface area contributed by atoms with Crippen molar-refractivity contribution in [3.05, 3.63) is 0 Å². The zero-order valence-corrected chi connectivity index (χ0v) is 11.0. The molecule has 0 aromatic heterocycles. The Kier molecular flexibility index (Phi) is 3.63. The first-order valence-corrected chi connectivity index (χ1v) is 6.33. The van der Waals surface area contributed by atoms with Gasteiger partial charge in [0.1, 0.15) is 5.78 Å². The monoisotopic (exact) mass is 210 g/mol. The van der Waals surface area contributed by atoms with Crippen LogP contribution in [0.25, 0.3) is 0 Å². The smallest absolute Gasteiger partial charge is 0.144 e. The molecule has 1 heteroatoms. The average Bonchev–Trinajstić information content (AvgIpc) is 2.50. The van der Waals surface area contributed by atoms with E-state index in [9.17, 15) is 4.79 Å². The maximum absolute atomic E-state index is 12.5. The van der Waals surface area contributed by atoms with Gasteiger partial charge in [-0.1, -0.05) is 47.5 Å². The molecule has 1 rings (SSSR count). The summed E-state index contributed by atoms with van der Waals surface area (Å²) in [5, 5.41) is 0. The molecular formula is C14H26O. The topological polar surface area (TPSA) is 17.1 Å². The lowest BCUT2D eigenvalue weighted by atomic mass is 9.67. The maximum atomic E-state index is 12.5. The molecule has 88 valence electrons. The van der Waals surface area contributed by atoms with Crippen molar-refractivity contribution in [2.45, 2.75) is 66.7 Å². The largest absolute Gasteiger partial charge is 0.298 e. The number of carbonyl (C=O) groups excluding carboxylic acids is 1. The lowest BCUT2D eigenvalue weighted by Gasteiger charge is -2.35. The second-order valence-corrected chi connectivity index (χ2v) is 6.66. The van der Waals surface area contributed by atoms with Crippen molar-refractivity contribution < 1.29 is 4.79 Å². The Morgan fingerprint density at radius 1 is 1.20 bits per heavy atom. The fourth-order valence-electron chi connectivity index (χ4n) is 3.15. The number of hydrogen-bond donors (Lipinski definition) is 0. The highest BCUT2D eigenvalue weighted by atomic mass is 16.1. The molecule has 0 amide bonds. The van der Waals surface area contributed by atoms with Crippen LogP contribution < -0.4 is 0 Å². The summed E-state index contributed by atoms with van der Waals surface area (Å²) < 4.78 is 0. The lowest BCUT2D eigenvalue weighted by molar-refractivity contribution is -0.137. The minimum absolute atomic E-state index is 0.0203. The SMILES string of the molecule is CC(C)CC1(C(=O)C(C)(C)C)CCCC1. The van der Waals surface area contributed by atoms with Crippen molar-refractivity contribution in [1.82, 2.24) is 0 Å². The molecule has 15 heavy (non-hydrogen) atoms. The van der Waals surface area contributed by atoms with Crippen LogP contribution in [-0.4, -0.2) is 5.78 Å². The Labute approximate surface area is 94.6 Å². The summed E-state index contributed by atoms with van der Waals surface area (Å²) in [5.41, 5.74) is -0.147. The van der Waals surface area contributed by atoms with Gasteiger partial charge in [-0.05, 0) is 25.2 Å². The zero-order chi connectivity index (χ0) is 11.7. The third kappa shape index (κ3) is 2.83. The minimum Gasteiger partial charge on any atom is -0.298 e. The Morgan fingerprint density at radius 3 is 2.00 bits per heavy atom. The van der Waals surface area contributed by atoms with Crippen LogP contribution in [0.5, 0.6) is 0 Å². The molecule has 1 aliphatic carbocycles. The van der Waals surface area contributed by atoms with E-state index in [0.29, 0.717) is 11.7 Å². The fraction of sp³-hybridized carbons (Fsp3) is 0.929. The van der Waals surface area contributed by atoms with Crippen molar-refractivity contribution in [1.29, 1.82) is 0 Å². The molecule has 1 nitrogen and oxygen atoms in total. The number of Topliss-reactive ketones (excluding diaryl/α,β-unsaturated/α-hetero) is 1. The van der Waals surface area contributed by atoms with Crippen LogP contribution in [0, 0.1) is 16.7 Å². The Bertz CT molecular complexity index is 226. The summed E-state index contributed by atoms with van der Waals surface area (Å²) in [7, 11) is 0. The van der Waals surface area contributed by atoms with Gasteiger partial charge in [-0.2, -0.15) is 0 Å². The minimum atomic E-state index is -0.167. The van der Waals surface area contributed by atoms with Gasteiger partial charge in [-0.3, -0.25) is 4.79 Å². The predicted molar refractivity (Wildman–Crippen MR) is 64.8 cm³/mol. The molecule has 0 saturated heterocycles. The molecule has 1 fully saturated rings. The molecule has 1 saturated carbocycles. The first-order valence-electron chi connectivity index (χ1n) is 6.33. The molecule has 0 N–H and O–H groups in total. The molecule has 0 atom stereocenters. The van der Waals surface area contributed by atoms with Crippen LogP contribution in [0.1, 0.15) is 66.7 Å². The highest BCUT2D eigenvalue weighted by Gasteiger charge is 2.45. The predicted octanol–water partition coefficient (Wildman–Crippen LogP) is 4.21. The van der Waals surface area contributed by atoms with E-state index in [1.165, 1.54) is 12.8 Å². The van der Waals surface area contributed by atoms with Gasteiger partial charge in [-0.15, -0.1) is 0 Å². The van der Waals surface area contributed by atoms with E-state index in [4.69, 9.17) is 0 Å². The fourth-order valence-corrected chi connectivity index (χ4v) is 3.15. The third-order valence-corrected chi connectivity index (χ3v) is 3.52. The first-order chi connectivity index (χ1) is 6.78. The van der Waals surface area contributed by atoms with Crippen LogP contribution in [-0.2, 0) is 4.79 Å². The molecule has 0 unspecified atom stereocenters. The highest BCUT2D eigenvalue weighted by molar-refractivity contribution is 5.89. The molecule has 0 aromatic rings. The van der Waals surface area contributed by atoms with E-state index in [1.54, 1.807) is 0 Å². The molecular weight excluding hydrogens is 184 g/mol. The summed E-state index contributed by atoms with van der Waals surface area (Å²) in [5.74, 6) is 1.13. The second-order valence-electron chi connectivity index (χ2n) is 6.66. The molecule has 0 radical (unpaired) electrons. The van der Waals surface area contributed by atoms with Crippen LogP contribution in [0.4, 0.5) is 0 Å². The van der Waals surface area contributed by atoms with Crippen LogP contribution in [0.2, 0.25) is 0 Å². The van der Waals surface area contributed by atoms with E-state index in [-0.39, 0.29) is 10.8 Å². The molecule has 0 aliphatic heterocycles. The summed E-state index contributed by atoms with van der Waals surface area (Å²) in [4.78, 5) is 12.5. The van der Waals surface area contributed by atoms with Gasteiger partial charge in [0.05, 0.1) is 0 Å². The number of hydrogen-bond acceptors (Lipinski definition) is 1. The van der Waals surface area contributed by atoms with Crippen LogP contribution in [0.15, 0.2) is 0 Å². The van der Waals surface area contributed by atoms with E-state index in [2.05, 4.69) is 34.6 Å². The molecule has 0 spiro atoms. The van der Waals surface area contributed by atoms with E-state index >= 15 is 0 Å². The summed E-state index contributed by atoms with van der Waals surface area (Å²) in [6.45, 7) is 10.7. The van der Waals surface area contributed by atoms with Crippen molar-refractivity contribution in [2.75, 3.05) is 0 Å². The van der Waals surface area contributed by atoms with Gasteiger partial charge < -0.3 is 0 Å². The van der Waals surface area contributed by atoms with Crippen LogP contribution >= 0.6 is 0 Å². The Morgan fingerprint density at radius 2 is 1.67 bits per heavy atom. The molecule has 1 aliphatic rings. The van der Waals surface area contributed by atoms with Gasteiger partial charge >= 0.3 is 0 Å². The number of rotatable bonds is 3. The maximum Gasteiger partial charge on any atom is 0.144 e. The quantitative estimate of drug-likeness (QED) is 0.682. The van der Waals surface area contributed by atoms with Gasteiger partial charge in [0.15, 0.2) is 0 Å². The van der Waals surface area contributed by atoms with Crippen molar-refractivity contribution >= 4 is 5.78 Å². The lowest BCUT2D eigenvalue weighted by Crippen LogP contribution is -2.38. The van der Waals surface area contributed by atoms with Gasteiger partial charge in [0.25, 0.3) is 0 Å². The zero-order valence-electron chi connectivity index (χ0n) is 11.0. The molecule has 0 bridgehead atoms. The normalized spacial score (nSPS) is 20.9. The van der Waals surface area contributed by atoms with Gasteiger partial charge in [-0.25, -0.2) is 0 Å². The highest BCUT2D eigenvalue weighted by Crippen LogP contribution is 2.47. The summed E-state index contributed by atoms with van der Waals surface area (Å²) >= 11 is 0. The standard InChI is InChI=1S/C14H26O/c1-11(2)10-14(8-6-7-9-14)12(15)13(3,4)5/h11H,6-10H2,1-5H3. The van der Waals surface area contributed by atoms with Crippen molar-refractivity contribution in [2.24, 2.45) is 16.7 Å². The molecule has 0 heterocycles. The Hall–Kier alpha value is -0.330. The average molecular weight is 210 g/mol. The van der Waals surface area contributed by atoms with Gasteiger partial charge in [0.2, 0.25) is 0 Å². The summed E-state index contributed by atoms with van der Waals surface area (Å²) in [6.07, 6.45) is 5.83. The third-order valence-electron chi connectivity index (χ3n) is 3.52. The van der Waals surface area contributed by atoms with Crippen LogP contribution in [0.3, 0.4) is 0 Å². The first kappa shape index (κ1) is 12.7. The van der Waals surface area contributed by atoms with Crippen molar-refractivity contribution in [3.63, 3.8) is 0 Å². The van der Waals surface area contributed by atoms with E-state index in [1.807, 2.05) is 0 Å².